The molecule has 0 radical (unpaired) electrons. The maximum atomic E-state index is 12.1. The molecule has 2 rings (SSSR count). The number of nitro groups is 1. The van der Waals surface area contributed by atoms with Crippen LogP contribution in [-0.2, 0) is 0 Å². The molecule has 3 N–H and O–H groups in total. The van der Waals surface area contributed by atoms with Crippen LogP contribution in [-0.4, -0.2) is 15.9 Å². The third-order valence-electron chi connectivity index (χ3n) is 2.99. The summed E-state index contributed by atoms with van der Waals surface area (Å²) in [6.07, 6.45) is 0. The van der Waals surface area contributed by atoms with Gasteiger partial charge >= 0.3 is 0 Å². The van der Waals surface area contributed by atoms with E-state index in [1.807, 2.05) is 30.3 Å². The van der Waals surface area contributed by atoms with Crippen LogP contribution in [0.3, 0.4) is 0 Å². The van der Waals surface area contributed by atoms with Gasteiger partial charge in [-0.15, -0.1) is 0 Å². The third kappa shape index (κ3) is 4.48. The van der Waals surface area contributed by atoms with Crippen molar-refractivity contribution in [3.8, 4) is 0 Å². The van der Waals surface area contributed by atoms with Gasteiger partial charge in [-0.05, 0) is 37.3 Å². The number of amides is 1. The molecule has 118 valence electrons. The topological polar surface area (TPSA) is 96.3 Å². The molecule has 0 atom stereocenters. The smallest absolute Gasteiger partial charge is 0.273 e. The highest BCUT2D eigenvalue weighted by Crippen LogP contribution is 2.19. The van der Waals surface area contributed by atoms with Gasteiger partial charge in [0.15, 0.2) is 5.11 Å². The highest BCUT2D eigenvalue weighted by atomic mass is 32.1. The quantitative estimate of drug-likeness (QED) is 0.453. The summed E-state index contributed by atoms with van der Waals surface area (Å²) in [7, 11) is 0. The molecular weight excluding hydrogens is 316 g/mol. The maximum Gasteiger partial charge on any atom is 0.273 e. The van der Waals surface area contributed by atoms with E-state index in [-0.39, 0.29) is 16.4 Å². The summed E-state index contributed by atoms with van der Waals surface area (Å²) in [5, 5.41) is 13.4. The van der Waals surface area contributed by atoms with Crippen molar-refractivity contribution < 1.29 is 9.72 Å². The predicted octanol–water partition coefficient (Wildman–Crippen LogP) is 2.53. The number of para-hydroxylation sites is 1. The molecule has 0 saturated carbocycles. The van der Waals surface area contributed by atoms with Gasteiger partial charge in [0.1, 0.15) is 0 Å². The standard InChI is InChI=1S/C15H14N4O3S/c1-10-7-8-11(9-13(10)19(21)22)14(20)16-15(23)18-17-12-5-3-2-4-6-12/h2-9,17H,1H3,(H2,16,18,20,23). The summed E-state index contributed by atoms with van der Waals surface area (Å²) in [4.78, 5) is 22.4. The van der Waals surface area contributed by atoms with E-state index in [1.165, 1.54) is 18.2 Å². The lowest BCUT2D eigenvalue weighted by atomic mass is 10.1. The molecule has 23 heavy (non-hydrogen) atoms. The fourth-order valence-corrected chi connectivity index (χ4v) is 1.95. The van der Waals surface area contributed by atoms with Gasteiger partial charge in [0.2, 0.25) is 0 Å². The fourth-order valence-electron chi connectivity index (χ4n) is 1.80. The van der Waals surface area contributed by atoms with Crippen LogP contribution in [0, 0.1) is 17.0 Å². The van der Waals surface area contributed by atoms with Crippen LogP contribution in [0.5, 0.6) is 0 Å². The molecule has 0 saturated heterocycles. The van der Waals surface area contributed by atoms with Crippen molar-refractivity contribution in [2.75, 3.05) is 5.43 Å². The zero-order valence-electron chi connectivity index (χ0n) is 12.2. The maximum absolute atomic E-state index is 12.1. The van der Waals surface area contributed by atoms with Crippen molar-refractivity contribution >= 4 is 34.6 Å². The average molecular weight is 330 g/mol. The molecular formula is C15H14N4O3S. The number of nitro benzene ring substituents is 1. The number of rotatable bonds is 4. The minimum atomic E-state index is -0.528. The Morgan fingerprint density at radius 1 is 1.17 bits per heavy atom. The van der Waals surface area contributed by atoms with E-state index in [2.05, 4.69) is 16.2 Å². The average Bonchev–Trinajstić information content (AvgIpc) is 2.54. The van der Waals surface area contributed by atoms with Crippen LogP contribution in [0.1, 0.15) is 15.9 Å². The molecule has 0 aliphatic heterocycles. The number of thiocarbonyl (C=S) groups is 1. The predicted molar refractivity (Wildman–Crippen MR) is 91.1 cm³/mol. The molecule has 1 amide bonds. The van der Waals surface area contributed by atoms with E-state index in [0.717, 1.165) is 5.69 Å². The minimum Gasteiger partial charge on any atom is -0.299 e. The Hall–Kier alpha value is -3.00. The second kappa shape index (κ2) is 7.32. The van der Waals surface area contributed by atoms with Gasteiger partial charge in [-0.25, -0.2) is 0 Å². The summed E-state index contributed by atoms with van der Waals surface area (Å²) in [6, 6.07) is 13.4. The number of hydrogen-bond acceptors (Lipinski definition) is 5. The monoisotopic (exact) mass is 330 g/mol. The van der Waals surface area contributed by atoms with Crippen molar-refractivity contribution in [3.63, 3.8) is 0 Å². The van der Waals surface area contributed by atoms with E-state index >= 15 is 0 Å². The lowest BCUT2D eigenvalue weighted by Crippen LogP contribution is -2.41. The second-order valence-electron chi connectivity index (χ2n) is 4.66. The molecule has 8 heteroatoms. The normalized spacial score (nSPS) is 9.78. The Morgan fingerprint density at radius 3 is 2.52 bits per heavy atom. The molecule has 0 heterocycles. The molecule has 7 nitrogen and oxygen atoms in total. The summed E-state index contributed by atoms with van der Waals surface area (Å²) < 4.78 is 0. The van der Waals surface area contributed by atoms with Gasteiger partial charge in [0.25, 0.3) is 11.6 Å². The summed E-state index contributed by atoms with van der Waals surface area (Å²) in [6.45, 7) is 1.61. The van der Waals surface area contributed by atoms with Gasteiger partial charge < -0.3 is 0 Å². The Morgan fingerprint density at radius 2 is 1.87 bits per heavy atom. The zero-order valence-corrected chi connectivity index (χ0v) is 13.0. The van der Waals surface area contributed by atoms with Crippen molar-refractivity contribution in [1.82, 2.24) is 10.7 Å². The molecule has 0 aromatic heterocycles. The number of carbonyl (C=O) groups excluding carboxylic acids is 1. The highest BCUT2D eigenvalue weighted by molar-refractivity contribution is 7.80. The molecule has 0 fully saturated rings. The van der Waals surface area contributed by atoms with Crippen LogP contribution in [0.15, 0.2) is 48.5 Å². The van der Waals surface area contributed by atoms with E-state index in [4.69, 9.17) is 12.2 Å². The van der Waals surface area contributed by atoms with Gasteiger partial charge in [-0.2, -0.15) is 0 Å². The first kappa shape index (κ1) is 16.4. The lowest BCUT2D eigenvalue weighted by molar-refractivity contribution is -0.385. The van der Waals surface area contributed by atoms with E-state index in [0.29, 0.717) is 5.56 Å². The second-order valence-corrected chi connectivity index (χ2v) is 5.07. The first-order chi connectivity index (χ1) is 11.0. The fraction of sp³-hybridized carbons (Fsp3) is 0.0667. The van der Waals surface area contributed by atoms with Crippen molar-refractivity contribution in [2.45, 2.75) is 6.92 Å². The largest absolute Gasteiger partial charge is 0.299 e. The number of nitrogens with one attached hydrogen (secondary N) is 3. The Labute approximate surface area is 137 Å². The van der Waals surface area contributed by atoms with Crippen LogP contribution in [0.4, 0.5) is 11.4 Å². The molecule has 0 bridgehead atoms. The third-order valence-corrected chi connectivity index (χ3v) is 3.19. The van der Waals surface area contributed by atoms with Crippen LogP contribution in [0.2, 0.25) is 0 Å². The Bertz CT molecular complexity index is 750. The SMILES string of the molecule is Cc1ccc(C(=O)NC(=S)NNc2ccccc2)cc1[N+](=O)[O-]. The lowest BCUT2D eigenvalue weighted by Gasteiger charge is -2.11. The number of aryl methyl sites for hydroxylation is 1. The van der Waals surface area contributed by atoms with Crippen LogP contribution >= 0.6 is 12.2 Å². The van der Waals surface area contributed by atoms with Crippen molar-refractivity contribution in [3.05, 3.63) is 69.8 Å². The molecule has 0 unspecified atom stereocenters. The highest BCUT2D eigenvalue weighted by Gasteiger charge is 2.15. The van der Waals surface area contributed by atoms with Crippen LogP contribution < -0.4 is 16.2 Å². The molecule has 0 aliphatic rings. The van der Waals surface area contributed by atoms with E-state index < -0.39 is 10.8 Å². The van der Waals surface area contributed by atoms with Gasteiger partial charge in [0, 0.05) is 17.2 Å². The minimum absolute atomic E-state index is 0.0575. The number of anilines is 1. The number of benzene rings is 2. The molecule has 0 aliphatic carbocycles. The summed E-state index contributed by atoms with van der Waals surface area (Å²) in [5.74, 6) is -0.527. The van der Waals surface area contributed by atoms with Crippen molar-refractivity contribution in [1.29, 1.82) is 0 Å². The van der Waals surface area contributed by atoms with Crippen molar-refractivity contribution in [2.24, 2.45) is 0 Å². The number of hydrogen-bond donors (Lipinski definition) is 3. The van der Waals surface area contributed by atoms with E-state index in [1.54, 1.807) is 6.92 Å². The number of nitrogens with zero attached hydrogens (tertiary/aromatic N) is 1. The number of hydrazine groups is 1. The van der Waals surface area contributed by atoms with Gasteiger partial charge in [-0.3, -0.25) is 31.1 Å². The van der Waals surface area contributed by atoms with Gasteiger partial charge in [-0.1, -0.05) is 24.3 Å². The zero-order chi connectivity index (χ0) is 16.8. The number of carbonyl (C=O) groups is 1. The van der Waals surface area contributed by atoms with E-state index in [9.17, 15) is 14.9 Å². The molecule has 2 aromatic carbocycles. The summed E-state index contributed by atoms with van der Waals surface area (Å²) >= 11 is 5.00. The first-order valence-electron chi connectivity index (χ1n) is 6.65. The molecule has 0 spiro atoms. The molecule has 2 aromatic rings. The van der Waals surface area contributed by atoms with Crippen LogP contribution in [0.25, 0.3) is 0 Å². The first-order valence-corrected chi connectivity index (χ1v) is 7.05. The Balaban J connectivity index is 1.97. The van der Waals surface area contributed by atoms with Gasteiger partial charge in [0.05, 0.1) is 10.6 Å². The summed E-state index contributed by atoms with van der Waals surface area (Å²) in [5.41, 5.74) is 6.79. The Kier molecular flexibility index (Phi) is 5.21.